The maximum absolute atomic E-state index is 5.99. The van der Waals surface area contributed by atoms with Crippen LogP contribution in [0.3, 0.4) is 0 Å². The Bertz CT molecular complexity index is 1100. The molecule has 10 heteroatoms. The van der Waals surface area contributed by atoms with E-state index in [-0.39, 0.29) is 12.0 Å². The molecule has 0 radical (unpaired) electrons. The Kier molecular flexibility index (Phi) is 3.90. The van der Waals surface area contributed by atoms with Crippen LogP contribution in [0.15, 0.2) is 22.9 Å². The van der Waals surface area contributed by atoms with E-state index in [0.717, 1.165) is 11.3 Å². The predicted octanol–water partition coefficient (Wildman–Crippen LogP) is 2.09. The molecule has 0 N–H and O–H groups in total. The van der Waals surface area contributed by atoms with Crippen molar-refractivity contribution in [2.24, 2.45) is 7.05 Å². The van der Waals surface area contributed by atoms with Crippen molar-refractivity contribution in [2.45, 2.75) is 39.7 Å². The summed E-state index contributed by atoms with van der Waals surface area (Å²) in [5, 5.41) is 24.9. The van der Waals surface area contributed by atoms with Gasteiger partial charge in [-0.25, -0.2) is 0 Å². The van der Waals surface area contributed by atoms with Crippen LogP contribution in [0.5, 0.6) is 5.88 Å². The molecule has 140 valence electrons. The molecule has 0 aliphatic heterocycles. The number of rotatable bonds is 4. The first-order valence-electron chi connectivity index (χ1n) is 8.50. The summed E-state index contributed by atoms with van der Waals surface area (Å²) in [5.41, 5.74) is 2.81. The van der Waals surface area contributed by atoms with E-state index in [4.69, 9.17) is 9.26 Å². The molecule has 0 aliphatic rings. The van der Waals surface area contributed by atoms with Gasteiger partial charge in [0.15, 0.2) is 5.65 Å². The Morgan fingerprint density at radius 3 is 2.59 bits per heavy atom. The largest absolute Gasteiger partial charge is 0.470 e. The van der Waals surface area contributed by atoms with Crippen LogP contribution in [0, 0.1) is 6.92 Å². The van der Waals surface area contributed by atoms with Crippen molar-refractivity contribution in [3.63, 3.8) is 0 Å². The van der Waals surface area contributed by atoms with E-state index >= 15 is 0 Å². The number of fused-ring (bicyclic) bond motifs is 1. The Labute approximate surface area is 155 Å². The van der Waals surface area contributed by atoms with Crippen molar-refractivity contribution in [1.82, 2.24) is 40.0 Å². The van der Waals surface area contributed by atoms with Crippen LogP contribution in [-0.2, 0) is 19.1 Å². The molecule has 27 heavy (non-hydrogen) atoms. The fourth-order valence-corrected chi connectivity index (χ4v) is 2.69. The van der Waals surface area contributed by atoms with Crippen LogP contribution in [0.1, 0.15) is 37.7 Å². The van der Waals surface area contributed by atoms with E-state index in [0.29, 0.717) is 28.8 Å². The normalized spacial score (nSPS) is 12.0. The third-order valence-corrected chi connectivity index (χ3v) is 4.02. The number of aryl methyl sites for hydroxylation is 2. The Balaban J connectivity index is 1.78. The third-order valence-electron chi connectivity index (χ3n) is 4.02. The van der Waals surface area contributed by atoms with Crippen LogP contribution in [0.25, 0.3) is 17.2 Å². The monoisotopic (exact) mass is 368 g/mol. The summed E-state index contributed by atoms with van der Waals surface area (Å²) in [6.45, 7) is 8.37. The fraction of sp³-hybridized carbons (Fsp3) is 0.412. The van der Waals surface area contributed by atoms with Crippen molar-refractivity contribution in [3.8, 4) is 17.5 Å². The van der Waals surface area contributed by atoms with Gasteiger partial charge in [0.25, 0.3) is 0 Å². The minimum absolute atomic E-state index is 0.193. The Hall–Kier alpha value is -3.30. The van der Waals surface area contributed by atoms with Gasteiger partial charge in [-0.15, -0.1) is 20.4 Å². The molecule has 0 saturated heterocycles. The lowest BCUT2D eigenvalue weighted by molar-refractivity contribution is 0.275. The molecule has 4 rings (SSSR count). The van der Waals surface area contributed by atoms with Crippen molar-refractivity contribution in [1.29, 1.82) is 0 Å². The molecule has 0 fully saturated rings. The fourth-order valence-electron chi connectivity index (χ4n) is 2.69. The van der Waals surface area contributed by atoms with Gasteiger partial charge in [-0.05, 0) is 18.4 Å². The molecule has 4 aromatic rings. The number of aromatic nitrogens is 8. The van der Waals surface area contributed by atoms with Gasteiger partial charge in [-0.1, -0.05) is 31.1 Å². The van der Waals surface area contributed by atoms with E-state index < -0.39 is 0 Å². The summed E-state index contributed by atoms with van der Waals surface area (Å²) < 4.78 is 14.5. The molecule has 0 bridgehead atoms. The zero-order chi connectivity index (χ0) is 19.2. The molecule has 0 aromatic carbocycles. The second kappa shape index (κ2) is 6.15. The topological polar surface area (TPSA) is 109 Å². The van der Waals surface area contributed by atoms with Crippen molar-refractivity contribution in [3.05, 3.63) is 35.3 Å². The van der Waals surface area contributed by atoms with Gasteiger partial charge in [0.05, 0.1) is 11.9 Å². The molecule has 0 atom stereocenters. The average Bonchev–Trinajstić information content (AvgIpc) is 3.30. The highest BCUT2D eigenvalue weighted by Crippen LogP contribution is 2.32. The van der Waals surface area contributed by atoms with Gasteiger partial charge in [0, 0.05) is 18.7 Å². The second-order valence-electron chi connectivity index (χ2n) is 7.41. The molecular formula is C17H20N8O2. The summed E-state index contributed by atoms with van der Waals surface area (Å²) >= 11 is 0. The zero-order valence-electron chi connectivity index (χ0n) is 15.8. The van der Waals surface area contributed by atoms with Crippen molar-refractivity contribution in [2.75, 3.05) is 0 Å². The van der Waals surface area contributed by atoms with Gasteiger partial charge < -0.3 is 9.26 Å². The highest BCUT2D eigenvalue weighted by molar-refractivity contribution is 5.55. The lowest BCUT2D eigenvalue weighted by Gasteiger charge is -2.21. The van der Waals surface area contributed by atoms with Crippen LogP contribution in [0.2, 0.25) is 0 Å². The molecule has 4 aromatic heterocycles. The maximum Gasteiger partial charge on any atom is 0.236 e. The molecule has 0 unspecified atom stereocenters. The molecular weight excluding hydrogens is 348 g/mol. The predicted molar refractivity (Wildman–Crippen MR) is 95.1 cm³/mol. The average molecular weight is 368 g/mol. The zero-order valence-corrected chi connectivity index (χ0v) is 15.8. The highest BCUT2D eigenvalue weighted by Gasteiger charge is 2.24. The first-order chi connectivity index (χ1) is 12.8. The van der Waals surface area contributed by atoms with Crippen LogP contribution >= 0.6 is 0 Å². The van der Waals surface area contributed by atoms with Crippen molar-refractivity contribution < 1.29 is 9.26 Å². The third kappa shape index (κ3) is 3.25. The molecule has 0 saturated carbocycles. The Morgan fingerprint density at radius 1 is 1.15 bits per heavy atom. The van der Waals surface area contributed by atoms with E-state index in [1.165, 1.54) is 0 Å². The highest BCUT2D eigenvalue weighted by atomic mass is 16.5. The standard InChI is InChI=1S/C17H20N8O2/c1-10-6-13(27-22-10)15-20-19-14-7-12(17(2,3)4)16(21-25(14)15)26-9-11-8-24(5)23-18-11/h6-8H,9H2,1-5H3. The van der Waals surface area contributed by atoms with Crippen LogP contribution in [-0.4, -0.2) is 40.0 Å². The minimum atomic E-state index is -0.193. The summed E-state index contributed by atoms with van der Waals surface area (Å²) in [4.78, 5) is 0. The molecule has 0 aliphatic carbocycles. The molecule has 10 nitrogen and oxygen atoms in total. The van der Waals surface area contributed by atoms with Gasteiger partial charge in [-0.3, -0.25) is 4.68 Å². The summed E-state index contributed by atoms with van der Waals surface area (Å²) in [6.07, 6.45) is 1.80. The van der Waals surface area contributed by atoms with Gasteiger partial charge in [0.2, 0.25) is 17.5 Å². The van der Waals surface area contributed by atoms with E-state index in [9.17, 15) is 0 Å². The molecule has 0 spiro atoms. The Morgan fingerprint density at radius 2 is 1.96 bits per heavy atom. The second-order valence-corrected chi connectivity index (χ2v) is 7.41. The number of hydrogen-bond donors (Lipinski definition) is 0. The summed E-state index contributed by atoms with van der Waals surface area (Å²) in [5.74, 6) is 1.45. The van der Waals surface area contributed by atoms with Crippen LogP contribution in [0.4, 0.5) is 0 Å². The van der Waals surface area contributed by atoms with E-state index in [1.807, 2.05) is 20.0 Å². The number of ether oxygens (including phenoxy) is 1. The smallest absolute Gasteiger partial charge is 0.236 e. The first kappa shape index (κ1) is 17.1. The lowest BCUT2D eigenvalue weighted by atomic mass is 9.88. The van der Waals surface area contributed by atoms with Gasteiger partial charge in [-0.2, -0.15) is 4.52 Å². The van der Waals surface area contributed by atoms with Gasteiger partial charge >= 0.3 is 0 Å². The van der Waals surface area contributed by atoms with Crippen LogP contribution < -0.4 is 4.74 Å². The number of nitrogens with zero attached hydrogens (tertiary/aromatic N) is 8. The van der Waals surface area contributed by atoms with Gasteiger partial charge in [0.1, 0.15) is 12.3 Å². The molecule has 4 heterocycles. The molecule has 0 amide bonds. The maximum atomic E-state index is 5.99. The lowest BCUT2D eigenvalue weighted by Crippen LogP contribution is -2.16. The summed E-state index contributed by atoms with van der Waals surface area (Å²) in [7, 11) is 1.81. The number of hydrogen-bond acceptors (Lipinski definition) is 8. The first-order valence-corrected chi connectivity index (χ1v) is 8.50. The quantitative estimate of drug-likeness (QED) is 0.539. The van der Waals surface area contributed by atoms with E-state index in [2.05, 4.69) is 51.5 Å². The summed E-state index contributed by atoms with van der Waals surface area (Å²) in [6, 6.07) is 3.72. The SMILES string of the molecule is Cc1cc(-c2nnc3cc(C(C)(C)C)c(OCc4cn(C)nn4)nn23)on1. The minimum Gasteiger partial charge on any atom is -0.470 e. The van der Waals surface area contributed by atoms with E-state index in [1.54, 1.807) is 21.5 Å². The van der Waals surface area contributed by atoms with Crippen molar-refractivity contribution >= 4 is 5.65 Å².